The van der Waals surface area contributed by atoms with E-state index in [1.54, 1.807) is 12.1 Å². The van der Waals surface area contributed by atoms with Crippen molar-refractivity contribution in [1.29, 1.82) is 0 Å². The Balaban J connectivity index is 1.77. The van der Waals surface area contributed by atoms with Gasteiger partial charge in [-0.15, -0.1) is 0 Å². The summed E-state index contributed by atoms with van der Waals surface area (Å²) in [5.41, 5.74) is 0.290. The highest BCUT2D eigenvalue weighted by atomic mass is 79.9. The Hall–Kier alpha value is -1.45. The van der Waals surface area contributed by atoms with Gasteiger partial charge in [0, 0.05) is 25.3 Å². The molecule has 2 aromatic carbocycles. The molecule has 1 aliphatic heterocycles. The number of alkyl halides is 2. The van der Waals surface area contributed by atoms with Crippen molar-refractivity contribution in [3.8, 4) is 0 Å². The smallest absolute Gasteiger partial charge is 0.275 e. The van der Waals surface area contributed by atoms with Crippen LogP contribution in [-0.2, 0) is 9.59 Å². The molecule has 0 unspecified atom stereocenters. The number of benzene rings is 2. The van der Waals surface area contributed by atoms with E-state index in [1.165, 1.54) is 37.3 Å². The molecule has 11 heteroatoms. The fraction of sp³-hybridized carbons (Fsp3) is 0.333. The second kappa shape index (κ2) is 10.5. The Morgan fingerprint density at radius 3 is 1.94 bits per heavy atom. The summed E-state index contributed by atoms with van der Waals surface area (Å²) in [6.45, 7) is 1.47. The van der Waals surface area contributed by atoms with E-state index in [-0.39, 0.29) is 25.8 Å². The first-order valence-corrected chi connectivity index (χ1v) is 13.7. The fourth-order valence-electron chi connectivity index (χ4n) is 4.48. The van der Waals surface area contributed by atoms with Crippen LogP contribution in [0.5, 0.6) is 0 Å². The third kappa shape index (κ3) is 5.05. The van der Waals surface area contributed by atoms with E-state index in [4.69, 9.17) is 34.8 Å². The number of rotatable bonds is 5. The van der Waals surface area contributed by atoms with Crippen molar-refractivity contribution >= 4 is 90.2 Å². The molecular formula is C24H19Br2Cl3N2O4. The second-order valence-electron chi connectivity index (χ2n) is 8.53. The predicted octanol–water partition coefficient (Wildman–Crippen LogP) is 6.20. The van der Waals surface area contributed by atoms with Gasteiger partial charge in [-0.3, -0.25) is 19.2 Å². The maximum Gasteiger partial charge on any atom is 0.275 e. The minimum Gasteiger partial charge on any atom is -0.292 e. The maximum atomic E-state index is 13.8. The zero-order valence-corrected chi connectivity index (χ0v) is 23.7. The number of Topliss-reactive ketones (excluding diaryl/α,β-unsaturated/α-hetero) is 1. The maximum absolute atomic E-state index is 13.8. The summed E-state index contributed by atoms with van der Waals surface area (Å²) in [4.78, 5) is 54.2. The molecule has 184 valence electrons. The van der Waals surface area contributed by atoms with Gasteiger partial charge in [-0.25, -0.2) is 5.01 Å². The molecule has 4 rings (SSSR count). The highest BCUT2D eigenvalue weighted by Crippen LogP contribution is 2.44. The molecule has 1 heterocycles. The van der Waals surface area contributed by atoms with Gasteiger partial charge in [0.2, 0.25) is 0 Å². The van der Waals surface area contributed by atoms with Crippen LogP contribution in [0.2, 0.25) is 15.1 Å². The number of carbonyl (C=O) groups excluding carboxylic acids is 4. The Labute approximate surface area is 234 Å². The number of hydrazine groups is 1. The van der Waals surface area contributed by atoms with Crippen LogP contribution in [0.3, 0.4) is 0 Å². The van der Waals surface area contributed by atoms with Gasteiger partial charge in [0.15, 0.2) is 5.78 Å². The number of ketones is 1. The standard InChI is InChI=1S/C24H19Br2Cl3N2O4/c1-11(21(32)12-2-4-13(27)5-3-12)30(22(33)15-7-6-14(28)8-20(15)29)31-23(34)16-9-18(25)19(26)10-17(16)24(31)35/h2-8,11,16-19H,9-10H2,1H3/t11-,16-,17+,18+,19+/m1/s1. The Kier molecular flexibility index (Phi) is 7.98. The van der Waals surface area contributed by atoms with Crippen LogP contribution in [0.1, 0.15) is 40.5 Å². The van der Waals surface area contributed by atoms with Crippen molar-refractivity contribution in [2.24, 2.45) is 11.8 Å². The monoisotopic (exact) mass is 662 g/mol. The molecule has 1 saturated carbocycles. The van der Waals surface area contributed by atoms with Crippen LogP contribution in [-0.4, -0.2) is 49.2 Å². The van der Waals surface area contributed by atoms with E-state index in [2.05, 4.69) is 31.9 Å². The van der Waals surface area contributed by atoms with E-state index in [1.807, 2.05) is 0 Å². The van der Waals surface area contributed by atoms with Crippen LogP contribution in [0.25, 0.3) is 0 Å². The Morgan fingerprint density at radius 1 is 0.914 bits per heavy atom. The van der Waals surface area contributed by atoms with Gasteiger partial charge in [-0.05, 0) is 62.2 Å². The van der Waals surface area contributed by atoms with Gasteiger partial charge in [0.05, 0.1) is 22.4 Å². The molecule has 0 N–H and O–H groups in total. The quantitative estimate of drug-likeness (QED) is 0.217. The molecule has 0 spiro atoms. The third-order valence-electron chi connectivity index (χ3n) is 6.35. The normalized spacial score (nSPS) is 24.8. The Morgan fingerprint density at radius 2 is 1.43 bits per heavy atom. The number of hydrogen-bond donors (Lipinski definition) is 0. The topological polar surface area (TPSA) is 74.8 Å². The van der Waals surface area contributed by atoms with Gasteiger partial charge in [-0.2, -0.15) is 5.01 Å². The van der Waals surface area contributed by atoms with E-state index < -0.39 is 41.4 Å². The molecule has 0 radical (unpaired) electrons. The number of amides is 3. The predicted molar refractivity (Wildman–Crippen MR) is 141 cm³/mol. The summed E-state index contributed by atoms with van der Waals surface area (Å²) in [6, 6.07) is 9.23. The zero-order chi connectivity index (χ0) is 25.6. The fourth-order valence-corrected chi connectivity index (χ4v) is 6.34. The SMILES string of the molecule is C[C@H](C(=O)c1ccc(Cl)cc1)N(C(=O)c1ccc(Cl)cc1Cl)N1C(=O)[C@H]2C[C@H](Br)[C@@H](Br)C[C@H]2C1=O. The lowest BCUT2D eigenvalue weighted by molar-refractivity contribution is -0.156. The summed E-state index contributed by atoms with van der Waals surface area (Å²) in [6.07, 6.45) is 0.843. The van der Waals surface area contributed by atoms with Gasteiger partial charge >= 0.3 is 0 Å². The molecular weight excluding hydrogens is 646 g/mol. The van der Waals surface area contributed by atoms with Crippen molar-refractivity contribution in [3.05, 3.63) is 68.7 Å². The lowest BCUT2D eigenvalue weighted by Crippen LogP contribution is -2.56. The average molecular weight is 666 g/mol. The molecule has 35 heavy (non-hydrogen) atoms. The van der Waals surface area contributed by atoms with E-state index in [9.17, 15) is 19.2 Å². The minimum absolute atomic E-state index is 0.0107. The van der Waals surface area contributed by atoms with Crippen molar-refractivity contribution in [1.82, 2.24) is 10.0 Å². The van der Waals surface area contributed by atoms with Gasteiger partial charge < -0.3 is 0 Å². The molecule has 3 amide bonds. The lowest BCUT2D eigenvalue weighted by Gasteiger charge is -2.35. The summed E-state index contributed by atoms with van der Waals surface area (Å²) in [7, 11) is 0. The van der Waals surface area contributed by atoms with E-state index >= 15 is 0 Å². The number of halogens is 5. The molecule has 5 atom stereocenters. The van der Waals surface area contributed by atoms with Gasteiger partial charge in [-0.1, -0.05) is 66.7 Å². The summed E-state index contributed by atoms with van der Waals surface area (Å²) in [5, 5.41) is 2.57. The van der Waals surface area contributed by atoms with Crippen LogP contribution in [0.15, 0.2) is 42.5 Å². The molecule has 2 aromatic rings. The number of fused-ring (bicyclic) bond motifs is 1. The lowest BCUT2D eigenvalue weighted by atomic mass is 9.81. The summed E-state index contributed by atoms with van der Waals surface area (Å²) in [5.74, 6) is -3.46. The molecule has 1 saturated heterocycles. The van der Waals surface area contributed by atoms with E-state index in [0.717, 1.165) is 10.0 Å². The Bertz CT molecular complexity index is 1180. The number of imide groups is 1. The molecule has 6 nitrogen and oxygen atoms in total. The van der Waals surface area contributed by atoms with Gasteiger partial charge in [0.1, 0.15) is 6.04 Å². The van der Waals surface area contributed by atoms with Crippen LogP contribution in [0, 0.1) is 11.8 Å². The molecule has 1 aliphatic carbocycles. The first kappa shape index (κ1) is 26.6. The largest absolute Gasteiger partial charge is 0.292 e. The minimum atomic E-state index is -1.19. The van der Waals surface area contributed by atoms with E-state index in [0.29, 0.717) is 22.9 Å². The van der Waals surface area contributed by atoms with Crippen molar-refractivity contribution < 1.29 is 19.2 Å². The van der Waals surface area contributed by atoms with Crippen LogP contribution >= 0.6 is 66.7 Å². The van der Waals surface area contributed by atoms with Crippen molar-refractivity contribution in [3.63, 3.8) is 0 Å². The summed E-state index contributed by atoms with van der Waals surface area (Å²) >= 11 is 25.4. The summed E-state index contributed by atoms with van der Waals surface area (Å²) < 4.78 is 0. The highest BCUT2D eigenvalue weighted by molar-refractivity contribution is 9.12. The number of carbonyl (C=O) groups is 4. The third-order valence-corrected chi connectivity index (χ3v) is 9.88. The highest BCUT2D eigenvalue weighted by Gasteiger charge is 2.55. The van der Waals surface area contributed by atoms with Crippen LogP contribution in [0.4, 0.5) is 0 Å². The number of hydrogen-bond acceptors (Lipinski definition) is 4. The van der Waals surface area contributed by atoms with Crippen molar-refractivity contribution in [2.75, 3.05) is 0 Å². The molecule has 2 aliphatic rings. The first-order valence-electron chi connectivity index (χ1n) is 10.8. The molecule has 0 bridgehead atoms. The number of nitrogens with zero attached hydrogens (tertiary/aromatic N) is 2. The first-order chi connectivity index (χ1) is 16.5. The molecule has 2 fully saturated rings. The van der Waals surface area contributed by atoms with Crippen LogP contribution < -0.4 is 0 Å². The molecule has 0 aromatic heterocycles. The average Bonchev–Trinajstić information content (AvgIpc) is 3.04. The second-order valence-corrected chi connectivity index (χ2v) is 12.2. The van der Waals surface area contributed by atoms with Crippen molar-refractivity contribution in [2.45, 2.75) is 35.5 Å². The van der Waals surface area contributed by atoms with Gasteiger partial charge in [0.25, 0.3) is 17.7 Å². The zero-order valence-electron chi connectivity index (χ0n) is 18.3.